The molecule has 2 rings (SSSR count). The summed E-state index contributed by atoms with van der Waals surface area (Å²) in [6.07, 6.45) is 3.98. The molecule has 1 aliphatic rings. The van der Waals surface area contributed by atoms with Crippen LogP contribution in [0.3, 0.4) is 0 Å². The monoisotopic (exact) mass is 319 g/mol. The first kappa shape index (κ1) is 17.7. The number of nitrogens with zero attached hydrogens (tertiary/aromatic N) is 2. The fourth-order valence-corrected chi connectivity index (χ4v) is 3.10. The van der Waals surface area contributed by atoms with Gasteiger partial charge in [0, 0.05) is 17.8 Å². The van der Waals surface area contributed by atoms with Gasteiger partial charge in [-0.05, 0) is 53.3 Å². The number of pyridine rings is 1. The van der Waals surface area contributed by atoms with E-state index in [-0.39, 0.29) is 11.8 Å². The zero-order valence-corrected chi connectivity index (χ0v) is 14.9. The van der Waals surface area contributed by atoms with Gasteiger partial charge >= 0.3 is 0 Å². The van der Waals surface area contributed by atoms with Crippen molar-refractivity contribution in [2.45, 2.75) is 52.1 Å². The first-order valence-corrected chi connectivity index (χ1v) is 8.37. The van der Waals surface area contributed by atoms with Gasteiger partial charge in [0.15, 0.2) is 0 Å². The molecule has 0 saturated carbocycles. The average Bonchev–Trinajstić information content (AvgIpc) is 2.91. The highest BCUT2D eigenvalue weighted by Crippen LogP contribution is 2.23. The van der Waals surface area contributed by atoms with Gasteiger partial charge in [-0.2, -0.15) is 0 Å². The number of hydrogen-bond donors (Lipinski definition) is 1. The lowest BCUT2D eigenvalue weighted by molar-refractivity contribution is -0.128. The molecule has 0 bridgehead atoms. The van der Waals surface area contributed by atoms with E-state index in [4.69, 9.17) is 4.74 Å². The summed E-state index contributed by atoms with van der Waals surface area (Å²) in [7, 11) is 2.10. The highest BCUT2D eigenvalue weighted by molar-refractivity contribution is 5.79. The number of nitrogens with one attached hydrogen (secondary N) is 1. The molecule has 1 N–H and O–H groups in total. The number of amides is 1. The van der Waals surface area contributed by atoms with Crippen molar-refractivity contribution < 1.29 is 9.53 Å². The number of hydrogen-bond acceptors (Lipinski definition) is 4. The fourth-order valence-electron chi connectivity index (χ4n) is 3.10. The average molecular weight is 319 g/mol. The summed E-state index contributed by atoms with van der Waals surface area (Å²) in [4.78, 5) is 19.1. The minimum atomic E-state index is -0.438. The Kier molecular flexibility index (Phi) is 5.63. The van der Waals surface area contributed by atoms with Crippen LogP contribution >= 0.6 is 0 Å². The van der Waals surface area contributed by atoms with Gasteiger partial charge in [-0.15, -0.1) is 0 Å². The van der Waals surface area contributed by atoms with Gasteiger partial charge in [-0.3, -0.25) is 4.79 Å². The largest absolute Gasteiger partial charge is 0.475 e. The van der Waals surface area contributed by atoms with Crippen LogP contribution in [-0.4, -0.2) is 47.6 Å². The summed E-state index contributed by atoms with van der Waals surface area (Å²) in [5, 5.41) is 3.12. The van der Waals surface area contributed by atoms with Crippen molar-refractivity contribution >= 4 is 5.91 Å². The fraction of sp³-hybridized carbons (Fsp3) is 0.667. The van der Waals surface area contributed by atoms with Crippen molar-refractivity contribution in [1.82, 2.24) is 15.2 Å². The molecule has 0 aliphatic carbocycles. The van der Waals surface area contributed by atoms with Gasteiger partial charge in [-0.25, -0.2) is 4.98 Å². The lowest BCUT2D eigenvalue weighted by Crippen LogP contribution is -2.52. The van der Waals surface area contributed by atoms with Gasteiger partial charge in [0.25, 0.3) is 0 Å². The van der Waals surface area contributed by atoms with Crippen LogP contribution in [0.2, 0.25) is 0 Å². The first-order chi connectivity index (χ1) is 10.8. The topological polar surface area (TPSA) is 54.5 Å². The number of carbonyl (C=O) groups is 1. The van der Waals surface area contributed by atoms with Crippen LogP contribution < -0.4 is 10.1 Å². The second-order valence-electron chi connectivity index (χ2n) is 7.27. The van der Waals surface area contributed by atoms with E-state index in [9.17, 15) is 4.79 Å². The van der Waals surface area contributed by atoms with E-state index in [0.29, 0.717) is 18.5 Å². The van der Waals surface area contributed by atoms with Crippen LogP contribution in [0.4, 0.5) is 0 Å². The minimum absolute atomic E-state index is 0.0154. The summed E-state index contributed by atoms with van der Waals surface area (Å²) in [5.74, 6) is 0.701. The van der Waals surface area contributed by atoms with Crippen molar-refractivity contribution in [3.05, 3.63) is 23.9 Å². The molecule has 5 nitrogen and oxygen atoms in total. The number of likely N-dealkylation sites (tertiary alicyclic amines) is 1. The molecule has 128 valence electrons. The molecular weight excluding hydrogens is 290 g/mol. The van der Waals surface area contributed by atoms with Crippen molar-refractivity contribution in [2.75, 3.05) is 20.2 Å². The van der Waals surface area contributed by atoms with E-state index in [0.717, 1.165) is 18.5 Å². The van der Waals surface area contributed by atoms with Gasteiger partial charge in [0.05, 0.1) is 11.5 Å². The third-order valence-corrected chi connectivity index (χ3v) is 4.56. The Labute approximate surface area is 139 Å². The quantitative estimate of drug-likeness (QED) is 0.875. The molecule has 1 amide bonds. The lowest BCUT2D eigenvalue weighted by Gasteiger charge is -2.31. The molecule has 0 spiro atoms. The van der Waals surface area contributed by atoms with E-state index in [1.807, 2.05) is 39.8 Å². The zero-order chi connectivity index (χ0) is 17.0. The molecule has 5 heteroatoms. The Hall–Kier alpha value is -1.62. The number of aromatic nitrogens is 1. The van der Waals surface area contributed by atoms with E-state index < -0.39 is 5.54 Å². The molecule has 2 atom stereocenters. The maximum absolute atomic E-state index is 12.6. The molecule has 1 aromatic rings. The SMILES string of the molecule is Cc1cccnc1OCC(C)(C)NC(=O)[C@H](C)[C@@H]1CCCN1C. The number of aryl methyl sites for hydroxylation is 1. The third-order valence-electron chi connectivity index (χ3n) is 4.56. The summed E-state index contributed by atoms with van der Waals surface area (Å²) < 4.78 is 5.79. The predicted octanol–water partition coefficient (Wildman–Crippen LogP) is 2.39. The molecule has 0 unspecified atom stereocenters. The van der Waals surface area contributed by atoms with E-state index >= 15 is 0 Å². The van der Waals surface area contributed by atoms with Crippen LogP contribution in [0.1, 0.15) is 39.2 Å². The highest BCUT2D eigenvalue weighted by Gasteiger charge is 2.33. The first-order valence-electron chi connectivity index (χ1n) is 8.37. The van der Waals surface area contributed by atoms with Crippen LogP contribution in [0.5, 0.6) is 5.88 Å². The Bertz CT molecular complexity index is 545. The second-order valence-corrected chi connectivity index (χ2v) is 7.27. The Balaban J connectivity index is 1.89. The number of carbonyl (C=O) groups excluding carboxylic acids is 1. The summed E-state index contributed by atoms with van der Waals surface area (Å²) in [6.45, 7) is 9.41. The van der Waals surface area contributed by atoms with E-state index in [1.165, 1.54) is 6.42 Å². The maximum Gasteiger partial charge on any atom is 0.224 e. The zero-order valence-electron chi connectivity index (χ0n) is 14.9. The molecule has 0 radical (unpaired) electrons. The van der Waals surface area contributed by atoms with E-state index in [2.05, 4.69) is 22.2 Å². The number of rotatable bonds is 6. The molecule has 1 fully saturated rings. The molecule has 0 aromatic carbocycles. The molecule has 2 heterocycles. The van der Waals surface area contributed by atoms with Crippen LogP contribution in [0, 0.1) is 12.8 Å². The normalized spacial score (nSPS) is 20.3. The molecule has 1 aromatic heterocycles. The van der Waals surface area contributed by atoms with Crippen LogP contribution in [0.25, 0.3) is 0 Å². The standard InChI is InChI=1S/C18H29N3O2/c1-13-8-6-10-19-17(13)23-12-18(3,4)20-16(22)14(2)15-9-7-11-21(15)5/h6,8,10,14-15H,7,9,11-12H2,1-5H3,(H,20,22)/t14-,15+/m1/s1. The maximum atomic E-state index is 12.6. The van der Waals surface area contributed by atoms with Crippen LogP contribution in [-0.2, 0) is 4.79 Å². The second kappa shape index (κ2) is 7.30. The summed E-state index contributed by atoms with van der Waals surface area (Å²) in [6, 6.07) is 4.19. The van der Waals surface area contributed by atoms with Gasteiger partial charge in [0.1, 0.15) is 6.61 Å². The minimum Gasteiger partial charge on any atom is -0.475 e. The van der Waals surface area contributed by atoms with Crippen molar-refractivity contribution in [2.24, 2.45) is 5.92 Å². The van der Waals surface area contributed by atoms with Crippen LogP contribution in [0.15, 0.2) is 18.3 Å². The third kappa shape index (κ3) is 4.67. The summed E-state index contributed by atoms with van der Waals surface area (Å²) in [5.41, 5.74) is 0.558. The predicted molar refractivity (Wildman–Crippen MR) is 91.5 cm³/mol. The molecule has 23 heavy (non-hydrogen) atoms. The lowest BCUT2D eigenvalue weighted by atomic mass is 9.97. The smallest absolute Gasteiger partial charge is 0.224 e. The molecule has 1 aliphatic heterocycles. The van der Waals surface area contributed by atoms with Gasteiger partial charge in [-0.1, -0.05) is 13.0 Å². The van der Waals surface area contributed by atoms with Crippen molar-refractivity contribution in [3.8, 4) is 5.88 Å². The Morgan fingerprint density at radius 2 is 2.30 bits per heavy atom. The van der Waals surface area contributed by atoms with Gasteiger partial charge < -0.3 is 15.0 Å². The Morgan fingerprint density at radius 3 is 2.91 bits per heavy atom. The molecule has 1 saturated heterocycles. The van der Waals surface area contributed by atoms with Gasteiger partial charge in [0.2, 0.25) is 11.8 Å². The Morgan fingerprint density at radius 1 is 1.57 bits per heavy atom. The number of ether oxygens (including phenoxy) is 1. The highest BCUT2D eigenvalue weighted by atomic mass is 16.5. The molecular formula is C18H29N3O2. The van der Waals surface area contributed by atoms with Crippen molar-refractivity contribution in [1.29, 1.82) is 0 Å². The van der Waals surface area contributed by atoms with Crippen molar-refractivity contribution in [3.63, 3.8) is 0 Å². The van der Waals surface area contributed by atoms with E-state index in [1.54, 1.807) is 6.20 Å². The summed E-state index contributed by atoms with van der Waals surface area (Å²) >= 11 is 0.